The number of sulfonamides is 1. The van der Waals surface area contributed by atoms with E-state index in [1.54, 1.807) is 25.2 Å². The Balaban J connectivity index is 2.08. The van der Waals surface area contributed by atoms with Crippen LogP contribution in [0.2, 0.25) is 5.02 Å². The second kappa shape index (κ2) is 8.79. The molecule has 2 aromatic rings. The summed E-state index contributed by atoms with van der Waals surface area (Å²) in [6, 6.07) is 10.5. The standard InChI is InChI=1S/C18H21ClFN3O3S/c1-22(2)27(25,26)14-8-9-15(19)17(10-14)21-18(24)12-23(3)11-13-6-4-5-7-16(13)20/h4-10H,11-12H2,1-3H3,(H,21,24)/p+1. The van der Waals surface area contributed by atoms with Crippen LogP contribution in [0.15, 0.2) is 47.4 Å². The summed E-state index contributed by atoms with van der Waals surface area (Å²) in [5, 5.41) is 2.85. The van der Waals surface area contributed by atoms with Crippen LogP contribution in [0.3, 0.4) is 0 Å². The summed E-state index contributed by atoms with van der Waals surface area (Å²) in [6.07, 6.45) is 0. The second-order valence-electron chi connectivity index (χ2n) is 6.38. The number of anilines is 1. The lowest BCUT2D eigenvalue weighted by atomic mass is 10.2. The Morgan fingerprint density at radius 3 is 2.52 bits per heavy atom. The van der Waals surface area contributed by atoms with E-state index in [1.165, 1.54) is 38.4 Å². The van der Waals surface area contributed by atoms with Crippen molar-refractivity contribution in [2.24, 2.45) is 0 Å². The molecule has 0 spiro atoms. The van der Waals surface area contributed by atoms with Crippen molar-refractivity contribution < 1.29 is 22.5 Å². The predicted molar refractivity (Wildman–Crippen MR) is 103 cm³/mol. The number of hydrogen-bond donors (Lipinski definition) is 2. The molecule has 0 saturated carbocycles. The molecule has 0 saturated heterocycles. The number of amides is 1. The molecular weight excluding hydrogens is 393 g/mol. The molecule has 9 heteroatoms. The largest absolute Gasteiger partial charge is 0.326 e. The molecule has 0 radical (unpaired) electrons. The highest BCUT2D eigenvalue weighted by molar-refractivity contribution is 7.89. The van der Waals surface area contributed by atoms with Crippen molar-refractivity contribution in [3.05, 3.63) is 58.9 Å². The summed E-state index contributed by atoms with van der Waals surface area (Å²) in [7, 11) is 0.960. The van der Waals surface area contributed by atoms with Gasteiger partial charge in [-0.25, -0.2) is 17.1 Å². The molecule has 27 heavy (non-hydrogen) atoms. The zero-order valence-electron chi connectivity index (χ0n) is 15.3. The fraction of sp³-hybridized carbons (Fsp3) is 0.278. The van der Waals surface area contributed by atoms with Gasteiger partial charge in [0.05, 0.1) is 22.7 Å². The van der Waals surface area contributed by atoms with Gasteiger partial charge in [0.2, 0.25) is 10.0 Å². The summed E-state index contributed by atoms with van der Waals surface area (Å²) in [5.41, 5.74) is 0.725. The third-order valence-corrected chi connectivity index (χ3v) is 6.04. The number of hydrogen-bond acceptors (Lipinski definition) is 3. The van der Waals surface area contributed by atoms with Crippen molar-refractivity contribution in [3.8, 4) is 0 Å². The van der Waals surface area contributed by atoms with Crippen molar-refractivity contribution >= 4 is 33.2 Å². The molecule has 2 rings (SSSR count). The number of carbonyl (C=O) groups is 1. The van der Waals surface area contributed by atoms with Gasteiger partial charge in [0.15, 0.2) is 6.54 Å². The lowest BCUT2D eigenvalue weighted by Crippen LogP contribution is -3.08. The lowest BCUT2D eigenvalue weighted by Gasteiger charge is -2.16. The van der Waals surface area contributed by atoms with E-state index in [0.29, 0.717) is 12.1 Å². The minimum atomic E-state index is -3.64. The fourth-order valence-electron chi connectivity index (χ4n) is 2.47. The summed E-state index contributed by atoms with van der Waals surface area (Å²) in [6.45, 7) is 0.401. The molecule has 0 aliphatic carbocycles. The van der Waals surface area contributed by atoms with Crippen LogP contribution < -0.4 is 10.2 Å². The van der Waals surface area contributed by atoms with Gasteiger partial charge in [0, 0.05) is 19.7 Å². The summed E-state index contributed by atoms with van der Waals surface area (Å²) < 4.78 is 39.2. The van der Waals surface area contributed by atoms with Crippen molar-refractivity contribution in [1.29, 1.82) is 0 Å². The van der Waals surface area contributed by atoms with E-state index in [2.05, 4.69) is 5.32 Å². The van der Waals surface area contributed by atoms with E-state index in [4.69, 9.17) is 11.6 Å². The van der Waals surface area contributed by atoms with Crippen LogP contribution in [0.4, 0.5) is 10.1 Å². The van der Waals surface area contributed by atoms with E-state index >= 15 is 0 Å². The van der Waals surface area contributed by atoms with E-state index in [0.717, 1.165) is 9.21 Å². The number of rotatable bonds is 7. The molecule has 0 aliphatic heterocycles. The molecule has 1 unspecified atom stereocenters. The van der Waals surface area contributed by atoms with Crippen molar-refractivity contribution in [1.82, 2.24) is 4.31 Å². The van der Waals surface area contributed by atoms with E-state index in [9.17, 15) is 17.6 Å². The molecule has 0 heterocycles. The maximum Gasteiger partial charge on any atom is 0.279 e. The zero-order chi connectivity index (χ0) is 20.2. The first-order valence-electron chi connectivity index (χ1n) is 8.18. The van der Waals surface area contributed by atoms with Crippen LogP contribution >= 0.6 is 11.6 Å². The molecule has 0 fully saturated rings. The van der Waals surface area contributed by atoms with Crippen LogP contribution in [0.25, 0.3) is 0 Å². The van der Waals surface area contributed by atoms with Gasteiger partial charge in [-0.15, -0.1) is 0 Å². The average molecular weight is 415 g/mol. The quantitative estimate of drug-likeness (QED) is 0.719. The maximum atomic E-state index is 13.7. The van der Waals surface area contributed by atoms with Gasteiger partial charge in [-0.2, -0.15) is 0 Å². The molecule has 0 aromatic heterocycles. The number of halogens is 2. The molecule has 1 atom stereocenters. The Bertz CT molecular complexity index is 935. The zero-order valence-corrected chi connectivity index (χ0v) is 16.9. The van der Waals surface area contributed by atoms with E-state index in [1.807, 2.05) is 0 Å². The summed E-state index contributed by atoms with van der Waals surface area (Å²) >= 11 is 6.08. The van der Waals surface area contributed by atoms with E-state index < -0.39 is 10.0 Å². The smallest absolute Gasteiger partial charge is 0.279 e. The van der Waals surface area contributed by atoms with Crippen LogP contribution in [0.1, 0.15) is 5.56 Å². The third-order valence-electron chi connectivity index (χ3n) is 3.90. The Labute approximate surface area is 163 Å². The van der Waals surface area contributed by atoms with Crippen LogP contribution in [-0.2, 0) is 21.4 Å². The van der Waals surface area contributed by atoms with Gasteiger partial charge in [0.1, 0.15) is 12.4 Å². The van der Waals surface area contributed by atoms with Gasteiger partial charge < -0.3 is 10.2 Å². The lowest BCUT2D eigenvalue weighted by molar-refractivity contribution is -0.885. The Morgan fingerprint density at radius 1 is 1.22 bits per heavy atom. The first kappa shape index (κ1) is 21.3. The molecule has 0 bridgehead atoms. The molecule has 2 N–H and O–H groups in total. The van der Waals surface area contributed by atoms with Gasteiger partial charge in [-0.05, 0) is 24.3 Å². The predicted octanol–water partition coefficient (Wildman–Crippen LogP) is 1.38. The van der Waals surface area contributed by atoms with Crippen molar-refractivity contribution in [2.45, 2.75) is 11.4 Å². The maximum absolute atomic E-state index is 13.7. The molecule has 0 aliphatic rings. The number of likely N-dealkylation sites (N-methyl/N-ethyl adjacent to an activating group) is 1. The molecule has 146 valence electrons. The molecule has 2 aromatic carbocycles. The SMILES string of the molecule is CN(C)S(=O)(=O)c1ccc(Cl)c(NC(=O)C[NH+](C)Cc2ccccc2F)c1. The van der Waals surface area contributed by atoms with Crippen LogP contribution in [0, 0.1) is 5.82 Å². The Hall–Kier alpha value is -2.00. The third kappa shape index (κ3) is 5.49. The highest BCUT2D eigenvalue weighted by Gasteiger charge is 2.20. The van der Waals surface area contributed by atoms with Gasteiger partial charge in [-0.1, -0.05) is 29.8 Å². The van der Waals surface area contributed by atoms with Gasteiger partial charge in [0.25, 0.3) is 5.91 Å². The monoisotopic (exact) mass is 414 g/mol. The first-order valence-corrected chi connectivity index (χ1v) is 9.99. The first-order chi connectivity index (χ1) is 12.6. The summed E-state index contributed by atoms with van der Waals surface area (Å²) in [5.74, 6) is -0.674. The minimum absolute atomic E-state index is 0.0271. The average Bonchev–Trinajstić information content (AvgIpc) is 2.58. The number of benzene rings is 2. The number of nitrogens with one attached hydrogen (secondary N) is 2. The van der Waals surface area contributed by atoms with Gasteiger partial charge in [-0.3, -0.25) is 4.79 Å². The van der Waals surface area contributed by atoms with Gasteiger partial charge >= 0.3 is 0 Å². The fourth-order valence-corrected chi connectivity index (χ4v) is 3.56. The normalized spacial score (nSPS) is 12.8. The molecular formula is C18H22ClFN3O3S+. The van der Waals surface area contributed by atoms with Crippen molar-refractivity contribution in [3.63, 3.8) is 0 Å². The molecule has 1 amide bonds. The number of nitrogens with zero attached hydrogens (tertiary/aromatic N) is 1. The highest BCUT2D eigenvalue weighted by Crippen LogP contribution is 2.26. The van der Waals surface area contributed by atoms with E-state index in [-0.39, 0.29) is 33.9 Å². The van der Waals surface area contributed by atoms with Crippen LogP contribution in [0.5, 0.6) is 0 Å². The Kier molecular flexibility index (Phi) is 6.94. The number of carbonyl (C=O) groups excluding carboxylic acids is 1. The highest BCUT2D eigenvalue weighted by atomic mass is 35.5. The Morgan fingerprint density at radius 2 is 1.89 bits per heavy atom. The number of quaternary nitrogens is 1. The second-order valence-corrected chi connectivity index (χ2v) is 8.94. The minimum Gasteiger partial charge on any atom is -0.326 e. The van der Waals surface area contributed by atoms with Crippen molar-refractivity contribution in [2.75, 3.05) is 33.0 Å². The topological polar surface area (TPSA) is 70.9 Å². The molecule has 6 nitrogen and oxygen atoms in total. The van der Waals surface area contributed by atoms with Crippen LogP contribution in [-0.4, -0.2) is 46.3 Å². The summed E-state index contributed by atoms with van der Waals surface area (Å²) in [4.78, 5) is 13.1.